The molecule has 5 rings (SSSR count). The van der Waals surface area contributed by atoms with E-state index in [1.54, 1.807) is 0 Å². The van der Waals surface area contributed by atoms with Crippen LogP contribution in [0.4, 0.5) is 21.9 Å². The Morgan fingerprint density at radius 3 is 2.59 bits per heavy atom. The van der Waals surface area contributed by atoms with E-state index >= 15 is 0 Å². The first kappa shape index (κ1) is 18.8. The van der Waals surface area contributed by atoms with Gasteiger partial charge in [-0.1, -0.05) is 34.1 Å². The first-order valence-electron chi connectivity index (χ1n) is 10.6. The van der Waals surface area contributed by atoms with E-state index in [-0.39, 0.29) is 6.03 Å². The summed E-state index contributed by atoms with van der Waals surface area (Å²) < 4.78 is 1.02. The highest BCUT2D eigenvalue weighted by Crippen LogP contribution is 2.41. The number of halogens is 1. The van der Waals surface area contributed by atoms with Gasteiger partial charge in [-0.05, 0) is 50.1 Å². The van der Waals surface area contributed by atoms with E-state index in [9.17, 15) is 4.79 Å². The number of hydrogen-bond acceptors (Lipinski definition) is 3. The van der Waals surface area contributed by atoms with Crippen LogP contribution in [0.15, 0.2) is 53.0 Å². The van der Waals surface area contributed by atoms with Crippen LogP contribution >= 0.6 is 15.9 Å². The highest BCUT2D eigenvalue weighted by Gasteiger charge is 2.39. The maximum absolute atomic E-state index is 13.6. The zero-order valence-corrected chi connectivity index (χ0v) is 18.4. The monoisotopic (exact) mass is 454 g/mol. The molecule has 2 aromatic carbocycles. The summed E-state index contributed by atoms with van der Waals surface area (Å²) in [5.41, 5.74) is 3.48. The van der Waals surface area contributed by atoms with Crippen LogP contribution < -0.4 is 14.7 Å². The van der Waals surface area contributed by atoms with Crippen molar-refractivity contribution in [2.45, 2.75) is 31.8 Å². The molecule has 2 fully saturated rings. The molecule has 5 nitrogen and oxygen atoms in total. The molecule has 6 heteroatoms. The Balaban J connectivity index is 1.37. The van der Waals surface area contributed by atoms with Crippen LogP contribution in [-0.4, -0.2) is 55.7 Å². The largest absolute Gasteiger partial charge is 0.365 e. The lowest BCUT2D eigenvalue weighted by atomic mass is 10.1. The average molecular weight is 455 g/mol. The number of piperazine rings is 1. The number of para-hydroxylation sites is 1. The van der Waals surface area contributed by atoms with Crippen molar-refractivity contribution in [2.24, 2.45) is 0 Å². The molecule has 3 aliphatic heterocycles. The predicted octanol–water partition coefficient (Wildman–Crippen LogP) is 4.57. The van der Waals surface area contributed by atoms with Crippen LogP contribution in [-0.2, 0) is 0 Å². The summed E-state index contributed by atoms with van der Waals surface area (Å²) >= 11 is 3.60. The third kappa shape index (κ3) is 3.37. The van der Waals surface area contributed by atoms with Crippen molar-refractivity contribution in [1.29, 1.82) is 0 Å². The summed E-state index contributed by atoms with van der Waals surface area (Å²) in [6.45, 7) is 6.47. The Hall–Kier alpha value is -2.21. The zero-order valence-electron chi connectivity index (χ0n) is 16.8. The van der Waals surface area contributed by atoms with Crippen molar-refractivity contribution in [3.8, 4) is 0 Å². The Morgan fingerprint density at radius 1 is 0.966 bits per heavy atom. The Bertz CT molecular complexity index is 905. The molecule has 2 saturated heterocycles. The van der Waals surface area contributed by atoms with Crippen molar-refractivity contribution in [2.75, 3.05) is 47.4 Å². The molecule has 2 unspecified atom stereocenters. The van der Waals surface area contributed by atoms with E-state index in [2.05, 4.69) is 75.1 Å². The predicted molar refractivity (Wildman–Crippen MR) is 122 cm³/mol. The summed E-state index contributed by atoms with van der Waals surface area (Å²) in [4.78, 5) is 22.6. The van der Waals surface area contributed by atoms with Crippen molar-refractivity contribution >= 4 is 39.0 Å². The molecular weight excluding hydrogens is 428 g/mol. The van der Waals surface area contributed by atoms with Crippen LogP contribution in [0.5, 0.6) is 0 Å². The lowest BCUT2D eigenvalue weighted by Crippen LogP contribution is -2.59. The SMILES string of the molecule is CC1CN(C(=O)N2CC3CCCN3c3ccc(Br)cc32)CCN1c1ccccc1. The Labute approximate surface area is 181 Å². The number of nitrogens with zero attached hydrogens (tertiary/aromatic N) is 4. The lowest BCUT2D eigenvalue weighted by Gasteiger charge is -2.45. The van der Waals surface area contributed by atoms with Crippen LogP contribution in [0.3, 0.4) is 0 Å². The molecule has 0 N–H and O–H groups in total. The second-order valence-corrected chi connectivity index (χ2v) is 9.26. The summed E-state index contributed by atoms with van der Waals surface area (Å²) in [7, 11) is 0. The van der Waals surface area contributed by atoms with Gasteiger partial charge in [0.2, 0.25) is 0 Å². The number of carbonyl (C=O) groups excluding carboxylic acids is 1. The van der Waals surface area contributed by atoms with Gasteiger partial charge in [0.25, 0.3) is 0 Å². The van der Waals surface area contributed by atoms with E-state index in [0.717, 1.165) is 49.3 Å². The standard InChI is InChI=1S/C23H27BrN4O/c1-17-15-25(12-13-26(17)19-6-3-2-4-7-19)23(29)28-16-20-8-5-11-27(20)21-10-9-18(24)14-22(21)28/h2-4,6-7,9-10,14,17,20H,5,8,11-13,15-16H2,1H3. The number of benzene rings is 2. The number of rotatable bonds is 1. The van der Waals surface area contributed by atoms with Gasteiger partial charge in [-0.2, -0.15) is 0 Å². The van der Waals surface area contributed by atoms with E-state index in [4.69, 9.17) is 0 Å². The molecule has 2 atom stereocenters. The molecule has 152 valence electrons. The van der Waals surface area contributed by atoms with E-state index < -0.39 is 0 Å². The number of hydrogen-bond donors (Lipinski definition) is 0. The fourth-order valence-corrected chi connectivity index (χ4v) is 5.44. The first-order chi connectivity index (χ1) is 14.1. The molecule has 0 spiro atoms. The molecule has 0 radical (unpaired) electrons. The molecule has 3 aliphatic rings. The maximum atomic E-state index is 13.6. The third-order valence-corrected chi connectivity index (χ3v) is 7.02. The fraction of sp³-hybridized carbons (Fsp3) is 0.435. The first-order valence-corrected chi connectivity index (χ1v) is 11.4. The minimum Gasteiger partial charge on any atom is -0.365 e. The van der Waals surface area contributed by atoms with Gasteiger partial charge in [0.1, 0.15) is 0 Å². The van der Waals surface area contributed by atoms with Crippen molar-refractivity contribution < 1.29 is 4.79 Å². The molecule has 3 heterocycles. The summed E-state index contributed by atoms with van der Waals surface area (Å²) in [5, 5.41) is 0. The maximum Gasteiger partial charge on any atom is 0.324 e. The molecular formula is C23H27BrN4O. The smallest absolute Gasteiger partial charge is 0.324 e. The summed E-state index contributed by atoms with van der Waals surface area (Å²) in [6, 6.07) is 17.7. The molecule has 0 bridgehead atoms. The quantitative estimate of drug-likeness (QED) is 0.631. The summed E-state index contributed by atoms with van der Waals surface area (Å²) in [5.74, 6) is 0. The van der Waals surface area contributed by atoms with Gasteiger partial charge < -0.3 is 14.7 Å². The summed E-state index contributed by atoms with van der Waals surface area (Å²) in [6.07, 6.45) is 2.37. The fourth-order valence-electron chi connectivity index (χ4n) is 5.09. The molecule has 0 aliphatic carbocycles. The highest BCUT2D eigenvalue weighted by atomic mass is 79.9. The van der Waals surface area contributed by atoms with Crippen molar-refractivity contribution in [1.82, 2.24) is 4.90 Å². The lowest BCUT2D eigenvalue weighted by molar-refractivity contribution is 0.192. The van der Waals surface area contributed by atoms with Gasteiger partial charge in [-0.25, -0.2) is 4.79 Å². The van der Waals surface area contributed by atoms with Crippen LogP contribution in [0, 0.1) is 0 Å². The molecule has 2 amide bonds. The minimum absolute atomic E-state index is 0.149. The van der Waals surface area contributed by atoms with E-state index in [1.165, 1.54) is 17.8 Å². The van der Waals surface area contributed by atoms with Crippen LogP contribution in [0.25, 0.3) is 0 Å². The Kier molecular flexibility index (Phi) is 4.90. The number of fused-ring (bicyclic) bond motifs is 3. The van der Waals surface area contributed by atoms with Gasteiger partial charge in [0.15, 0.2) is 0 Å². The van der Waals surface area contributed by atoms with E-state index in [1.807, 2.05) is 15.9 Å². The molecule has 0 saturated carbocycles. The third-order valence-electron chi connectivity index (χ3n) is 6.52. The van der Waals surface area contributed by atoms with Crippen molar-refractivity contribution in [3.63, 3.8) is 0 Å². The number of anilines is 3. The van der Waals surface area contributed by atoms with Gasteiger partial charge in [0, 0.05) is 55.0 Å². The van der Waals surface area contributed by atoms with Crippen LogP contribution in [0.1, 0.15) is 19.8 Å². The van der Waals surface area contributed by atoms with Gasteiger partial charge in [-0.15, -0.1) is 0 Å². The van der Waals surface area contributed by atoms with Crippen LogP contribution in [0.2, 0.25) is 0 Å². The van der Waals surface area contributed by atoms with Crippen molar-refractivity contribution in [3.05, 3.63) is 53.0 Å². The topological polar surface area (TPSA) is 30.0 Å². The normalized spacial score (nSPS) is 23.8. The second-order valence-electron chi connectivity index (χ2n) is 8.34. The number of urea groups is 1. The molecule has 0 aromatic heterocycles. The average Bonchev–Trinajstić information content (AvgIpc) is 3.22. The van der Waals surface area contributed by atoms with Gasteiger partial charge >= 0.3 is 6.03 Å². The molecule has 2 aromatic rings. The number of amides is 2. The second kappa shape index (κ2) is 7.56. The van der Waals surface area contributed by atoms with Gasteiger partial charge in [0.05, 0.1) is 11.4 Å². The highest BCUT2D eigenvalue weighted by molar-refractivity contribution is 9.10. The minimum atomic E-state index is 0.149. The van der Waals surface area contributed by atoms with Gasteiger partial charge in [-0.3, -0.25) is 4.90 Å². The number of carbonyl (C=O) groups is 1. The van der Waals surface area contributed by atoms with E-state index in [0.29, 0.717) is 12.1 Å². The Morgan fingerprint density at radius 2 is 1.79 bits per heavy atom. The molecule has 29 heavy (non-hydrogen) atoms. The zero-order chi connectivity index (χ0) is 20.0.